The molecular formula is C9H9N3OS. The summed E-state index contributed by atoms with van der Waals surface area (Å²) in [7, 11) is 0. The van der Waals surface area contributed by atoms with Gasteiger partial charge in [0.15, 0.2) is 0 Å². The molecule has 0 fully saturated rings. The van der Waals surface area contributed by atoms with Crippen LogP contribution in [-0.4, -0.2) is 16.1 Å². The molecule has 0 aliphatic rings. The third-order valence-electron chi connectivity index (χ3n) is 1.84. The Balaban J connectivity index is 2.35. The average molecular weight is 207 g/mol. The van der Waals surface area contributed by atoms with Crippen molar-refractivity contribution in [3.8, 4) is 10.6 Å². The highest BCUT2D eigenvalue weighted by molar-refractivity contribution is 7.13. The molecule has 0 radical (unpaired) electrons. The van der Waals surface area contributed by atoms with Crippen LogP contribution in [0.3, 0.4) is 0 Å². The maximum absolute atomic E-state index is 10.8. The number of nitrogens with one attached hydrogen (secondary N) is 1. The first-order valence-corrected chi connectivity index (χ1v) is 5.00. The summed E-state index contributed by atoms with van der Waals surface area (Å²) in [5.41, 5.74) is 6.94. The second kappa shape index (κ2) is 3.63. The van der Waals surface area contributed by atoms with E-state index in [2.05, 4.69) is 10.2 Å². The molecule has 0 bridgehead atoms. The van der Waals surface area contributed by atoms with Crippen LogP contribution in [0.1, 0.15) is 5.56 Å². The molecule has 2 heterocycles. The Morgan fingerprint density at radius 1 is 1.57 bits per heavy atom. The van der Waals surface area contributed by atoms with Crippen molar-refractivity contribution < 1.29 is 4.79 Å². The number of primary amides is 1. The first kappa shape index (κ1) is 8.96. The van der Waals surface area contributed by atoms with Crippen LogP contribution in [-0.2, 0) is 11.2 Å². The number of carbonyl (C=O) groups is 1. The summed E-state index contributed by atoms with van der Waals surface area (Å²) in [5, 5.41) is 8.73. The zero-order chi connectivity index (χ0) is 9.97. The second-order valence-corrected chi connectivity index (χ2v) is 3.79. The molecule has 1 amide bonds. The summed E-state index contributed by atoms with van der Waals surface area (Å²) in [4.78, 5) is 11.8. The highest BCUT2D eigenvalue weighted by Crippen LogP contribution is 2.27. The van der Waals surface area contributed by atoms with E-state index in [0.717, 1.165) is 16.1 Å². The molecule has 3 N–H and O–H groups in total. The Labute approximate surface area is 84.8 Å². The van der Waals surface area contributed by atoms with Gasteiger partial charge in [0.05, 0.1) is 11.3 Å². The van der Waals surface area contributed by atoms with Crippen molar-refractivity contribution >= 4 is 17.2 Å². The monoisotopic (exact) mass is 207 g/mol. The Morgan fingerprint density at radius 3 is 3.07 bits per heavy atom. The molecule has 0 aliphatic heterocycles. The van der Waals surface area contributed by atoms with E-state index in [1.165, 1.54) is 0 Å². The predicted molar refractivity (Wildman–Crippen MR) is 54.8 cm³/mol. The van der Waals surface area contributed by atoms with Gasteiger partial charge >= 0.3 is 0 Å². The Kier molecular flexibility index (Phi) is 2.32. The maximum Gasteiger partial charge on any atom is 0.221 e. The van der Waals surface area contributed by atoms with Gasteiger partial charge in [0.1, 0.15) is 5.69 Å². The zero-order valence-corrected chi connectivity index (χ0v) is 8.17. The second-order valence-electron chi connectivity index (χ2n) is 2.88. The number of aromatic nitrogens is 2. The van der Waals surface area contributed by atoms with Crippen LogP contribution < -0.4 is 5.73 Å². The minimum atomic E-state index is -0.319. The molecule has 0 aromatic carbocycles. The fourth-order valence-corrected chi connectivity index (χ4v) is 2.17. The number of rotatable bonds is 3. The van der Waals surface area contributed by atoms with Crippen molar-refractivity contribution in [3.63, 3.8) is 0 Å². The standard InChI is InChI=1S/C9H9N3OS/c10-8(13)5-6-2-4-14-9(6)7-1-3-11-12-7/h1-4H,5H2,(H2,10,13)(H,11,12). The fourth-order valence-electron chi connectivity index (χ4n) is 1.27. The van der Waals surface area contributed by atoms with Crippen LogP contribution in [0.2, 0.25) is 0 Å². The van der Waals surface area contributed by atoms with Crippen molar-refractivity contribution in [1.82, 2.24) is 10.2 Å². The molecule has 2 aromatic heterocycles. The van der Waals surface area contributed by atoms with Crippen molar-refractivity contribution in [2.45, 2.75) is 6.42 Å². The first-order valence-electron chi connectivity index (χ1n) is 4.12. The predicted octanol–water partition coefficient (Wildman–Crippen LogP) is 1.17. The van der Waals surface area contributed by atoms with E-state index in [0.29, 0.717) is 0 Å². The Hall–Kier alpha value is -1.62. The quantitative estimate of drug-likeness (QED) is 0.792. The number of hydrogen-bond acceptors (Lipinski definition) is 3. The van der Waals surface area contributed by atoms with Crippen molar-refractivity contribution in [3.05, 3.63) is 29.3 Å². The summed E-state index contributed by atoms with van der Waals surface area (Å²) < 4.78 is 0. The topological polar surface area (TPSA) is 71.8 Å². The molecule has 0 saturated heterocycles. The van der Waals surface area contributed by atoms with Crippen LogP contribution in [0.4, 0.5) is 0 Å². The molecule has 5 heteroatoms. The molecule has 0 unspecified atom stereocenters. The molecule has 2 aromatic rings. The van der Waals surface area contributed by atoms with Gasteiger partial charge in [0.25, 0.3) is 0 Å². The molecule has 14 heavy (non-hydrogen) atoms. The number of thiophene rings is 1. The largest absolute Gasteiger partial charge is 0.369 e. The number of nitrogens with zero attached hydrogens (tertiary/aromatic N) is 1. The molecule has 0 spiro atoms. The van der Waals surface area contributed by atoms with Gasteiger partial charge < -0.3 is 5.73 Å². The summed E-state index contributed by atoms with van der Waals surface area (Å²) in [6, 6.07) is 3.77. The van der Waals surface area contributed by atoms with Gasteiger partial charge in [-0.05, 0) is 23.1 Å². The highest BCUT2D eigenvalue weighted by atomic mass is 32.1. The molecule has 0 saturated carbocycles. The van der Waals surface area contributed by atoms with Gasteiger partial charge in [0, 0.05) is 6.20 Å². The Morgan fingerprint density at radius 2 is 2.43 bits per heavy atom. The molecular weight excluding hydrogens is 198 g/mol. The number of aromatic amines is 1. The first-order chi connectivity index (χ1) is 6.77. The lowest BCUT2D eigenvalue weighted by molar-refractivity contribution is -0.117. The van der Waals surface area contributed by atoms with Crippen LogP contribution in [0.25, 0.3) is 10.6 Å². The minimum absolute atomic E-state index is 0.270. The molecule has 4 nitrogen and oxygen atoms in total. The summed E-state index contributed by atoms with van der Waals surface area (Å²) in [5.74, 6) is -0.319. The van der Waals surface area contributed by atoms with Gasteiger partial charge in [-0.3, -0.25) is 9.89 Å². The average Bonchev–Trinajstić information content (AvgIpc) is 2.70. The van der Waals surface area contributed by atoms with Gasteiger partial charge in [-0.1, -0.05) is 0 Å². The number of hydrogen-bond donors (Lipinski definition) is 2. The highest BCUT2D eigenvalue weighted by Gasteiger charge is 2.10. The molecule has 0 aliphatic carbocycles. The van der Waals surface area contributed by atoms with Crippen molar-refractivity contribution in [2.75, 3.05) is 0 Å². The third kappa shape index (κ3) is 1.67. The van der Waals surface area contributed by atoms with E-state index in [4.69, 9.17) is 5.73 Å². The van der Waals surface area contributed by atoms with E-state index >= 15 is 0 Å². The van der Waals surface area contributed by atoms with Crippen molar-refractivity contribution in [1.29, 1.82) is 0 Å². The summed E-state index contributed by atoms with van der Waals surface area (Å²) in [6.07, 6.45) is 2.02. The van der Waals surface area contributed by atoms with Crippen LogP contribution >= 0.6 is 11.3 Å². The van der Waals surface area contributed by atoms with E-state index in [1.807, 2.05) is 17.5 Å². The number of carbonyl (C=O) groups excluding carboxylic acids is 1. The lowest BCUT2D eigenvalue weighted by Gasteiger charge is -1.96. The van der Waals surface area contributed by atoms with E-state index in [9.17, 15) is 4.79 Å². The van der Waals surface area contributed by atoms with Gasteiger partial charge in [-0.2, -0.15) is 5.10 Å². The molecule has 72 valence electrons. The van der Waals surface area contributed by atoms with E-state index in [-0.39, 0.29) is 12.3 Å². The summed E-state index contributed by atoms with van der Waals surface area (Å²) >= 11 is 1.56. The maximum atomic E-state index is 10.8. The van der Waals surface area contributed by atoms with E-state index < -0.39 is 0 Å². The fraction of sp³-hybridized carbons (Fsp3) is 0.111. The number of nitrogens with two attached hydrogens (primary N) is 1. The van der Waals surface area contributed by atoms with Crippen LogP contribution in [0.5, 0.6) is 0 Å². The SMILES string of the molecule is NC(=O)Cc1ccsc1-c1cc[nH]n1. The lowest BCUT2D eigenvalue weighted by atomic mass is 10.1. The number of H-pyrrole nitrogens is 1. The third-order valence-corrected chi connectivity index (χ3v) is 2.82. The summed E-state index contributed by atoms with van der Waals surface area (Å²) in [6.45, 7) is 0. The van der Waals surface area contributed by atoms with Gasteiger partial charge in [-0.15, -0.1) is 11.3 Å². The van der Waals surface area contributed by atoms with Gasteiger partial charge in [-0.25, -0.2) is 0 Å². The lowest BCUT2D eigenvalue weighted by Crippen LogP contribution is -2.13. The van der Waals surface area contributed by atoms with Crippen LogP contribution in [0.15, 0.2) is 23.7 Å². The van der Waals surface area contributed by atoms with Crippen molar-refractivity contribution in [2.24, 2.45) is 5.73 Å². The smallest absolute Gasteiger partial charge is 0.221 e. The number of amides is 1. The molecule has 2 rings (SSSR count). The van der Waals surface area contributed by atoms with Gasteiger partial charge in [0.2, 0.25) is 5.91 Å². The van der Waals surface area contributed by atoms with Crippen LogP contribution in [0, 0.1) is 0 Å². The van der Waals surface area contributed by atoms with E-state index in [1.54, 1.807) is 17.5 Å². The molecule has 0 atom stereocenters. The minimum Gasteiger partial charge on any atom is -0.369 e. The zero-order valence-electron chi connectivity index (χ0n) is 7.36. The Bertz CT molecular complexity index is 433. The normalized spacial score (nSPS) is 10.3.